The fourth-order valence-corrected chi connectivity index (χ4v) is 0.449. The molecule has 0 bridgehead atoms. The fraction of sp³-hybridized carbons (Fsp3) is 0.200. The van der Waals surface area contributed by atoms with Gasteiger partial charge < -0.3 is 4.84 Å². The Morgan fingerprint density at radius 3 is 2.67 bits per heavy atom. The number of nitriles is 1. The van der Waals surface area contributed by atoms with Gasteiger partial charge in [-0.1, -0.05) is 5.16 Å². The van der Waals surface area contributed by atoms with Crippen molar-refractivity contribution in [2.45, 2.75) is 0 Å². The van der Waals surface area contributed by atoms with Gasteiger partial charge in [-0.25, -0.2) is 0 Å². The van der Waals surface area contributed by atoms with E-state index in [-0.39, 0.29) is 0 Å². The van der Waals surface area contributed by atoms with Crippen LogP contribution in [0.2, 0.25) is 0 Å². The van der Waals surface area contributed by atoms with Gasteiger partial charge in [-0.15, -0.1) is 0 Å². The molecule has 0 spiro atoms. The van der Waals surface area contributed by atoms with Crippen LogP contribution in [0.1, 0.15) is 0 Å². The van der Waals surface area contributed by atoms with Crippen LogP contribution in [0.3, 0.4) is 0 Å². The third-order valence-corrected chi connectivity index (χ3v) is 0.821. The van der Waals surface area contributed by atoms with Crippen LogP contribution in [0, 0.1) is 11.3 Å². The quantitative estimate of drug-likeness (QED) is 0.352. The lowest BCUT2D eigenvalue weighted by molar-refractivity contribution is -0.113. The van der Waals surface area contributed by atoms with Gasteiger partial charge in [-0.2, -0.15) is 5.26 Å². The Morgan fingerprint density at radius 1 is 1.75 bits per heavy atom. The molecule has 0 aliphatic carbocycles. The van der Waals surface area contributed by atoms with Crippen molar-refractivity contribution in [3.63, 3.8) is 0 Å². The van der Waals surface area contributed by atoms with Crippen LogP contribution in [-0.4, -0.2) is 23.9 Å². The normalized spacial score (nSPS) is 9.83. The summed E-state index contributed by atoms with van der Waals surface area (Å²) in [5.74, 6) is -0.973. The minimum absolute atomic E-state index is 0.560. The summed E-state index contributed by atoms with van der Waals surface area (Å²) in [5, 5.41) is 22.2. The predicted octanol–water partition coefficient (Wildman–Crippen LogP) is -0.656. The van der Waals surface area contributed by atoms with Crippen molar-refractivity contribution >= 4 is 29.0 Å². The van der Waals surface area contributed by atoms with Gasteiger partial charge >= 0.3 is 5.17 Å². The third kappa shape index (κ3) is 3.48. The van der Waals surface area contributed by atoms with Gasteiger partial charge in [-0.05, 0) is 12.2 Å². The van der Waals surface area contributed by atoms with Crippen molar-refractivity contribution in [2.24, 2.45) is 5.16 Å². The van der Waals surface area contributed by atoms with Gasteiger partial charge in [0, 0.05) is 0 Å². The molecule has 0 unspecified atom stereocenters. The molecule has 0 heterocycles. The van der Waals surface area contributed by atoms with E-state index in [0.29, 0.717) is 0 Å². The van der Waals surface area contributed by atoms with Crippen molar-refractivity contribution < 1.29 is 14.7 Å². The van der Waals surface area contributed by atoms with Crippen molar-refractivity contribution in [1.29, 1.82) is 5.26 Å². The summed E-state index contributed by atoms with van der Waals surface area (Å²) in [6.45, 7) is 0. The predicted molar refractivity (Wildman–Crippen MR) is 41.5 cm³/mol. The highest BCUT2D eigenvalue weighted by Gasteiger charge is 2.12. The molecule has 63 valence electrons. The van der Waals surface area contributed by atoms with Gasteiger partial charge in [0.25, 0.3) is 5.91 Å². The molecule has 12 heavy (non-hydrogen) atoms. The Balaban J connectivity index is 4.36. The molecule has 0 aliphatic heterocycles. The van der Waals surface area contributed by atoms with Crippen LogP contribution in [0.15, 0.2) is 5.16 Å². The zero-order chi connectivity index (χ0) is 9.56. The minimum Gasteiger partial charge on any atom is -0.398 e. The molecule has 1 amide bonds. The van der Waals surface area contributed by atoms with Crippen LogP contribution in [0.4, 0.5) is 0 Å². The summed E-state index contributed by atoms with van der Waals surface area (Å²) in [7, 11) is 1.17. The summed E-state index contributed by atoms with van der Waals surface area (Å²) in [6.07, 6.45) is 0. The van der Waals surface area contributed by atoms with Crippen LogP contribution >= 0.6 is 12.2 Å². The molecule has 0 aromatic rings. The maximum Gasteiger partial charge on any atom is 0.317 e. The molecule has 1 N–H and O–H groups in total. The van der Waals surface area contributed by atoms with Crippen LogP contribution in [0.5, 0.6) is 0 Å². The number of rotatable bonds is 2. The first-order valence-electron chi connectivity index (χ1n) is 2.65. The van der Waals surface area contributed by atoms with Crippen LogP contribution in [0.25, 0.3) is 0 Å². The van der Waals surface area contributed by atoms with Crippen molar-refractivity contribution in [2.75, 3.05) is 7.11 Å². The Morgan fingerprint density at radius 2 is 2.33 bits per heavy atom. The first-order valence-corrected chi connectivity index (χ1v) is 3.06. The van der Waals surface area contributed by atoms with E-state index in [1.807, 2.05) is 0 Å². The van der Waals surface area contributed by atoms with E-state index >= 15 is 0 Å². The Labute approximate surface area is 73.4 Å². The topological polar surface area (TPSA) is 94.4 Å². The first-order chi connectivity index (χ1) is 5.61. The average Bonchev–Trinajstić information content (AvgIpc) is 1.98. The molecule has 6 nitrogen and oxygen atoms in total. The molecule has 1 radical (unpaired) electrons. The number of carbonyl (C=O) groups is 1. The van der Waals surface area contributed by atoms with Crippen LogP contribution in [-0.2, 0) is 14.7 Å². The van der Waals surface area contributed by atoms with Crippen molar-refractivity contribution in [3.05, 3.63) is 0 Å². The molecular weight excluding hydrogens is 182 g/mol. The van der Waals surface area contributed by atoms with Crippen molar-refractivity contribution in [3.8, 4) is 6.07 Å². The van der Waals surface area contributed by atoms with Gasteiger partial charge in [0.15, 0.2) is 0 Å². The van der Waals surface area contributed by atoms with Crippen LogP contribution < -0.4 is 5.32 Å². The van der Waals surface area contributed by atoms with E-state index in [0.717, 1.165) is 0 Å². The number of hydrogen-bond acceptors (Lipinski definition) is 5. The van der Waals surface area contributed by atoms with E-state index in [9.17, 15) is 9.90 Å². The van der Waals surface area contributed by atoms with Gasteiger partial charge in [0.1, 0.15) is 13.2 Å². The molecule has 7 heteroatoms. The largest absolute Gasteiger partial charge is 0.398 e. The lowest BCUT2D eigenvalue weighted by Gasteiger charge is -1.94. The number of carbonyl (C=O) groups excluding carboxylic acids is 1. The first kappa shape index (κ1) is 10.3. The molecule has 0 aliphatic rings. The molecule has 0 atom stereocenters. The Bertz CT molecular complexity index is 268. The van der Waals surface area contributed by atoms with E-state index in [4.69, 9.17) is 5.26 Å². The molecule has 0 rings (SSSR count). The number of oxime groups is 1. The van der Waals surface area contributed by atoms with Gasteiger partial charge in [-0.3, -0.25) is 15.2 Å². The van der Waals surface area contributed by atoms with E-state index in [1.165, 1.54) is 13.2 Å². The highest BCUT2D eigenvalue weighted by molar-refractivity contribution is 7.80. The van der Waals surface area contributed by atoms with Gasteiger partial charge in [0.2, 0.25) is 5.71 Å². The number of hydrogen-bond donors (Lipinski definition) is 1. The maximum absolute atomic E-state index is 10.7. The smallest absolute Gasteiger partial charge is 0.317 e. The van der Waals surface area contributed by atoms with E-state index < -0.39 is 16.8 Å². The van der Waals surface area contributed by atoms with Crippen molar-refractivity contribution in [1.82, 2.24) is 5.32 Å². The zero-order valence-electron chi connectivity index (χ0n) is 6.03. The number of thiocarbonyl (C=S) groups is 1. The summed E-state index contributed by atoms with van der Waals surface area (Å²) in [4.78, 5) is 14.9. The lowest BCUT2D eigenvalue weighted by Crippen LogP contribution is -2.33. The summed E-state index contributed by atoms with van der Waals surface area (Å²) < 4.78 is 0. The average molecular weight is 186 g/mol. The van der Waals surface area contributed by atoms with E-state index in [2.05, 4.69) is 22.2 Å². The second-order valence-corrected chi connectivity index (χ2v) is 1.85. The molecule has 0 saturated heterocycles. The summed E-state index contributed by atoms with van der Waals surface area (Å²) in [6, 6.07) is 1.42. The number of amides is 1. The fourth-order valence-electron chi connectivity index (χ4n) is 0.356. The highest BCUT2D eigenvalue weighted by Crippen LogP contribution is 1.79. The molecule has 0 aromatic carbocycles. The molecule has 0 saturated carbocycles. The molecule has 0 aromatic heterocycles. The Hall–Kier alpha value is -1.68. The number of nitrogens with one attached hydrogen (secondary N) is 1. The zero-order valence-corrected chi connectivity index (χ0v) is 6.84. The van der Waals surface area contributed by atoms with Gasteiger partial charge in [0.05, 0.1) is 0 Å². The Kier molecular flexibility index (Phi) is 4.33. The SMILES string of the molecule is CON=C(C#N)C(=O)NC([O])=S. The second-order valence-electron chi connectivity index (χ2n) is 1.48. The summed E-state index contributed by atoms with van der Waals surface area (Å²) >= 11 is 4.03. The lowest BCUT2D eigenvalue weighted by atomic mass is 10.4. The monoisotopic (exact) mass is 186 g/mol. The van der Waals surface area contributed by atoms with E-state index in [1.54, 1.807) is 5.32 Å². The highest BCUT2D eigenvalue weighted by atomic mass is 32.1. The molecule has 0 fully saturated rings. The molecular formula is C5H4N3O3S. The second kappa shape index (κ2) is 5.03. The maximum atomic E-state index is 10.7. The summed E-state index contributed by atoms with van der Waals surface area (Å²) in [5.41, 5.74) is -0.560. The number of nitrogens with zero attached hydrogens (tertiary/aromatic N) is 2. The minimum atomic E-state index is -0.973. The standard InChI is InChI=1S/C5H4N3O3S/c1-11-8-3(2-6)4(9)7-5(10)12/h1H3,(H,7,9,12). The third-order valence-electron chi connectivity index (χ3n) is 0.719.